The molecule has 142 valence electrons. The number of nitrogens with two attached hydrogens (primary N) is 1. The van der Waals surface area contributed by atoms with E-state index < -0.39 is 11.9 Å². The van der Waals surface area contributed by atoms with Crippen LogP contribution in [0.5, 0.6) is 0 Å². The van der Waals surface area contributed by atoms with Crippen molar-refractivity contribution < 1.29 is 13.2 Å². The van der Waals surface area contributed by atoms with Crippen molar-refractivity contribution in [1.29, 1.82) is 0 Å². The van der Waals surface area contributed by atoms with Crippen LogP contribution in [0.15, 0.2) is 60.8 Å². The predicted molar refractivity (Wildman–Crippen MR) is 98.1 cm³/mol. The Bertz CT molecular complexity index is 1110. The third-order valence-electron chi connectivity index (χ3n) is 4.18. The summed E-state index contributed by atoms with van der Waals surface area (Å²) in [6.45, 7) is 1.52. The molecular formula is C19H15F3N6. The van der Waals surface area contributed by atoms with Crippen LogP contribution in [-0.2, 0) is 6.18 Å². The van der Waals surface area contributed by atoms with Crippen molar-refractivity contribution >= 4 is 5.69 Å². The summed E-state index contributed by atoms with van der Waals surface area (Å²) in [5, 5.41) is 12.2. The molecular weight excluding hydrogens is 369 g/mol. The molecule has 2 N–H and O–H groups in total. The van der Waals surface area contributed by atoms with Gasteiger partial charge in [0.25, 0.3) is 0 Å². The van der Waals surface area contributed by atoms with Gasteiger partial charge in [0.05, 0.1) is 23.3 Å². The van der Waals surface area contributed by atoms with Crippen LogP contribution in [0.25, 0.3) is 22.6 Å². The van der Waals surface area contributed by atoms with Gasteiger partial charge < -0.3 is 5.73 Å². The third-order valence-corrected chi connectivity index (χ3v) is 4.18. The van der Waals surface area contributed by atoms with Crippen LogP contribution in [0.1, 0.15) is 11.4 Å². The number of rotatable bonds is 3. The summed E-state index contributed by atoms with van der Waals surface area (Å²) >= 11 is 0. The summed E-state index contributed by atoms with van der Waals surface area (Å²) < 4.78 is 42.1. The molecule has 0 spiro atoms. The number of nitrogens with zero attached hydrogens (tertiary/aromatic N) is 5. The van der Waals surface area contributed by atoms with E-state index in [-0.39, 0.29) is 0 Å². The normalized spacial score (nSPS) is 11.7. The highest BCUT2D eigenvalue weighted by Gasteiger charge is 2.35. The summed E-state index contributed by atoms with van der Waals surface area (Å²) in [5.74, 6) is 0. The number of halogens is 3. The molecule has 0 unspecified atom stereocenters. The molecule has 2 aromatic carbocycles. The van der Waals surface area contributed by atoms with E-state index in [1.165, 1.54) is 6.92 Å². The molecule has 2 aromatic heterocycles. The van der Waals surface area contributed by atoms with E-state index >= 15 is 0 Å². The maximum absolute atomic E-state index is 13.2. The summed E-state index contributed by atoms with van der Waals surface area (Å²) in [6, 6.07) is 14.7. The maximum atomic E-state index is 13.2. The molecule has 0 amide bonds. The van der Waals surface area contributed by atoms with Crippen molar-refractivity contribution in [1.82, 2.24) is 24.8 Å². The van der Waals surface area contributed by atoms with Crippen LogP contribution in [0.4, 0.5) is 18.9 Å². The third kappa shape index (κ3) is 3.34. The van der Waals surface area contributed by atoms with Gasteiger partial charge in [0.15, 0.2) is 0 Å². The molecule has 0 saturated heterocycles. The van der Waals surface area contributed by atoms with Crippen LogP contribution < -0.4 is 5.73 Å². The first-order valence-electron chi connectivity index (χ1n) is 8.34. The molecule has 4 rings (SSSR count). The van der Waals surface area contributed by atoms with E-state index in [4.69, 9.17) is 5.73 Å². The van der Waals surface area contributed by atoms with Gasteiger partial charge >= 0.3 is 6.18 Å². The second-order valence-electron chi connectivity index (χ2n) is 6.27. The van der Waals surface area contributed by atoms with E-state index in [1.54, 1.807) is 47.3 Å². The molecule has 0 aliphatic heterocycles. The zero-order valence-electron chi connectivity index (χ0n) is 14.7. The minimum Gasteiger partial charge on any atom is -0.399 e. The largest absolute Gasteiger partial charge is 0.433 e. The summed E-state index contributed by atoms with van der Waals surface area (Å²) in [6.07, 6.45) is -2.75. The molecule has 4 aromatic rings. The van der Waals surface area contributed by atoms with Gasteiger partial charge in [-0.3, -0.25) is 0 Å². The monoisotopic (exact) mass is 384 g/mol. The highest BCUT2D eigenvalue weighted by Crippen LogP contribution is 2.32. The molecule has 0 bridgehead atoms. The Morgan fingerprint density at radius 3 is 2.21 bits per heavy atom. The molecule has 0 radical (unpaired) electrons. The van der Waals surface area contributed by atoms with Gasteiger partial charge in [0, 0.05) is 11.3 Å². The Kier molecular flexibility index (Phi) is 4.14. The standard InChI is InChI=1S/C19H15F3N6/c1-12-10-18(19(20,21)22)28(25-12)16-6-2-13(3-7-16)17-11-27(26-24-17)15-8-4-14(23)5-9-15/h2-11H,23H2,1H3. The highest BCUT2D eigenvalue weighted by atomic mass is 19.4. The summed E-state index contributed by atoms with van der Waals surface area (Å²) in [7, 11) is 0. The quantitative estimate of drug-likeness (QED) is 0.541. The number of benzene rings is 2. The first kappa shape index (κ1) is 17.8. The first-order chi connectivity index (χ1) is 13.3. The maximum Gasteiger partial charge on any atom is 0.433 e. The van der Waals surface area contributed by atoms with E-state index in [1.807, 2.05) is 12.1 Å². The minimum atomic E-state index is -4.48. The highest BCUT2D eigenvalue weighted by molar-refractivity contribution is 5.60. The molecule has 28 heavy (non-hydrogen) atoms. The van der Waals surface area contributed by atoms with Crippen molar-refractivity contribution in [3.63, 3.8) is 0 Å². The molecule has 6 nitrogen and oxygen atoms in total. The molecule has 0 saturated carbocycles. The molecule has 0 aliphatic carbocycles. The lowest BCUT2D eigenvalue weighted by atomic mass is 10.1. The lowest BCUT2D eigenvalue weighted by Gasteiger charge is -2.10. The van der Waals surface area contributed by atoms with Crippen molar-refractivity contribution in [3.8, 4) is 22.6 Å². The first-order valence-corrected chi connectivity index (χ1v) is 8.34. The van der Waals surface area contributed by atoms with Gasteiger partial charge in [0.2, 0.25) is 0 Å². The van der Waals surface area contributed by atoms with Gasteiger partial charge in [-0.2, -0.15) is 18.3 Å². The Hall–Kier alpha value is -3.62. The fourth-order valence-corrected chi connectivity index (χ4v) is 2.82. The SMILES string of the molecule is Cc1cc(C(F)(F)F)n(-c2ccc(-c3cn(-c4ccc(N)cc4)nn3)cc2)n1. The Labute approximate surface area is 158 Å². The second-order valence-corrected chi connectivity index (χ2v) is 6.27. The Balaban J connectivity index is 1.64. The summed E-state index contributed by atoms with van der Waals surface area (Å²) in [5.41, 5.74) is 8.24. The van der Waals surface area contributed by atoms with Crippen molar-refractivity contribution in [2.45, 2.75) is 13.1 Å². The van der Waals surface area contributed by atoms with E-state index in [0.29, 0.717) is 22.8 Å². The van der Waals surface area contributed by atoms with Gasteiger partial charge in [0.1, 0.15) is 11.4 Å². The van der Waals surface area contributed by atoms with Crippen LogP contribution in [-0.4, -0.2) is 24.8 Å². The number of anilines is 1. The number of hydrogen-bond acceptors (Lipinski definition) is 4. The number of aryl methyl sites for hydroxylation is 1. The molecule has 0 fully saturated rings. The number of hydrogen-bond donors (Lipinski definition) is 1. The van der Waals surface area contributed by atoms with E-state index in [9.17, 15) is 13.2 Å². The minimum absolute atomic E-state index is 0.294. The molecule has 0 atom stereocenters. The Morgan fingerprint density at radius 1 is 0.929 bits per heavy atom. The van der Waals surface area contributed by atoms with Crippen LogP contribution in [0.3, 0.4) is 0 Å². The smallest absolute Gasteiger partial charge is 0.399 e. The average molecular weight is 384 g/mol. The number of nitrogen functional groups attached to an aromatic ring is 1. The molecule has 2 heterocycles. The van der Waals surface area contributed by atoms with E-state index in [0.717, 1.165) is 22.0 Å². The zero-order chi connectivity index (χ0) is 19.9. The lowest BCUT2D eigenvalue weighted by Crippen LogP contribution is -2.13. The van der Waals surface area contributed by atoms with Crippen LogP contribution >= 0.6 is 0 Å². The van der Waals surface area contributed by atoms with Gasteiger partial charge in [-0.05, 0) is 49.4 Å². The van der Waals surface area contributed by atoms with Crippen molar-refractivity contribution in [2.75, 3.05) is 5.73 Å². The van der Waals surface area contributed by atoms with Crippen LogP contribution in [0.2, 0.25) is 0 Å². The predicted octanol–water partition coefficient (Wildman–Crippen LogP) is 4.03. The Morgan fingerprint density at radius 2 is 1.57 bits per heavy atom. The molecule has 0 aliphatic rings. The number of aromatic nitrogens is 5. The van der Waals surface area contributed by atoms with Gasteiger partial charge in [-0.15, -0.1) is 5.10 Å². The van der Waals surface area contributed by atoms with Crippen LogP contribution in [0, 0.1) is 6.92 Å². The lowest BCUT2D eigenvalue weighted by molar-refractivity contribution is -0.142. The van der Waals surface area contributed by atoms with Gasteiger partial charge in [-0.1, -0.05) is 17.3 Å². The fourth-order valence-electron chi connectivity index (χ4n) is 2.82. The second kappa shape index (κ2) is 6.52. The molecule has 9 heteroatoms. The van der Waals surface area contributed by atoms with Crippen molar-refractivity contribution in [2.24, 2.45) is 0 Å². The topological polar surface area (TPSA) is 74.5 Å². The van der Waals surface area contributed by atoms with Crippen molar-refractivity contribution in [3.05, 3.63) is 72.2 Å². The fraction of sp³-hybridized carbons (Fsp3) is 0.105. The summed E-state index contributed by atoms with van der Waals surface area (Å²) in [4.78, 5) is 0. The average Bonchev–Trinajstić information content (AvgIpc) is 3.29. The van der Waals surface area contributed by atoms with E-state index in [2.05, 4.69) is 15.4 Å². The van der Waals surface area contributed by atoms with Gasteiger partial charge in [-0.25, -0.2) is 9.36 Å². The zero-order valence-corrected chi connectivity index (χ0v) is 14.7. The number of alkyl halides is 3.